The largest absolute Gasteiger partial charge is 0.148 e. The van der Waals surface area contributed by atoms with Crippen molar-refractivity contribution >= 4 is 22.9 Å². The van der Waals surface area contributed by atoms with Gasteiger partial charge in [-0.05, 0) is 37.3 Å². The molecule has 0 aromatic carbocycles. The quantitative estimate of drug-likeness (QED) is 0.659. The average molecular weight is 217 g/mol. The molecular formula is C11H17ClS. The van der Waals surface area contributed by atoms with Gasteiger partial charge in [-0.15, -0.1) is 22.9 Å². The third-order valence-corrected chi connectivity index (χ3v) is 3.81. The standard InChI is InChI=1S/C11H17ClS/c1-8-5-6-13-10(8)11(3,4)7-9(2)12/h5-6,9H,7H2,1-4H3. The summed E-state index contributed by atoms with van der Waals surface area (Å²) in [7, 11) is 0. The Morgan fingerprint density at radius 2 is 2.15 bits per heavy atom. The van der Waals surface area contributed by atoms with Crippen molar-refractivity contribution in [1.82, 2.24) is 0 Å². The molecule has 2 heteroatoms. The predicted molar refractivity (Wildman–Crippen MR) is 62.0 cm³/mol. The molecule has 0 bridgehead atoms. The van der Waals surface area contributed by atoms with Gasteiger partial charge in [-0.1, -0.05) is 13.8 Å². The Morgan fingerprint density at radius 1 is 1.54 bits per heavy atom. The van der Waals surface area contributed by atoms with Crippen LogP contribution in [0.25, 0.3) is 0 Å². The van der Waals surface area contributed by atoms with Crippen LogP contribution in [0.3, 0.4) is 0 Å². The molecule has 0 saturated carbocycles. The van der Waals surface area contributed by atoms with Crippen molar-refractivity contribution in [3.63, 3.8) is 0 Å². The molecule has 1 aromatic heterocycles. The van der Waals surface area contributed by atoms with Crippen molar-refractivity contribution in [2.45, 2.75) is 44.9 Å². The van der Waals surface area contributed by atoms with Crippen LogP contribution in [0, 0.1) is 6.92 Å². The van der Waals surface area contributed by atoms with Gasteiger partial charge in [0.1, 0.15) is 0 Å². The van der Waals surface area contributed by atoms with Crippen LogP contribution in [0.5, 0.6) is 0 Å². The number of hydrogen-bond donors (Lipinski definition) is 0. The zero-order valence-electron chi connectivity index (χ0n) is 8.73. The Kier molecular flexibility index (Phi) is 3.42. The molecule has 0 N–H and O–H groups in total. The van der Waals surface area contributed by atoms with Crippen LogP contribution >= 0.6 is 22.9 Å². The summed E-state index contributed by atoms with van der Waals surface area (Å²) < 4.78 is 0. The van der Waals surface area contributed by atoms with Gasteiger partial charge < -0.3 is 0 Å². The third-order valence-electron chi connectivity index (χ3n) is 2.27. The SMILES string of the molecule is Cc1ccsc1C(C)(C)CC(C)Cl. The van der Waals surface area contributed by atoms with E-state index in [1.807, 2.05) is 11.3 Å². The monoisotopic (exact) mass is 216 g/mol. The zero-order chi connectivity index (χ0) is 10.1. The summed E-state index contributed by atoms with van der Waals surface area (Å²) in [5.74, 6) is 0. The van der Waals surface area contributed by atoms with Crippen molar-refractivity contribution < 1.29 is 0 Å². The molecule has 0 saturated heterocycles. The summed E-state index contributed by atoms with van der Waals surface area (Å²) in [5, 5.41) is 2.40. The minimum Gasteiger partial charge on any atom is -0.148 e. The van der Waals surface area contributed by atoms with Gasteiger partial charge in [0.05, 0.1) is 0 Å². The number of aryl methyl sites for hydroxylation is 1. The van der Waals surface area contributed by atoms with E-state index in [0.29, 0.717) is 0 Å². The van der Waals surface area contributed by atoms with Gasteiger partial charge in [0.2, 0.25) is 0 Å². The van der Waals surface area contributed by atoms with E-state index in [2.05, 4.69) is 39.1 Å². The summed E-state index contributed by atoms with van der Waals surface area (Å²) in [5.41, 5.74) is 1.62. The molecule has 0 nitrogen and oxygen atoms in total. The Labute approximate surface area is 89.9 Å². The number of halogens is 1. The van der Waals surface area contributed by atoms with Gasteiger partial charge in [-0.3, -0.25) is 0 Å². The van der Waals surface area contributed by atoms with Crippen LogP contribution in [-0.4, -0.2) is 5.38 Å². The number of rotatable bonds is 3. The predicted octanol–water partition coefficient (Wildman–Crippen LogP) is 4.35. The second-order valence-electron chi connectivity index (χ2n) is 4.30. The molecule has 1 atom stereocenters. The van der Waals surface area contributed by atoms with Crippen LogP contribution < -0.4 is 0 Å². The van der Waals surface area contributed by atoms with Gasteiger partial charge in [-0.25, -0.2) is 0 Å². The van der Waals surface area contributed by atoms with Crippen LogP contribution in [0.2, 0.25) is 0 Å². The first-order valence-electron chi connectivity index (χ1n) is 4.62. The minimum atomic E-state index is 0.222. The van der Waals surface area contributed by atoms with Gasteiger partial charge in [0.25, 0.3) is 0 Å². The van der Waals surface area contributed by atoms with Crippen LogP contribution in [-0.2, 0) is 5.41 Å². The van der Waals surface area contributed by atoms with Crippen molar-refractivity contribution in [1.29, 1.82) is 0 Å². The molecule has 1 rings (SSSR count). The fraction of sp³-hybridized carbons (Fsp3) is 0.636. The molecule has 1 unspecified atom stereocenters. The normalized spacial score (nSPS) is 14.5. The molecule has 74 valence electrons. The van der Waals surface area contributed by atoms with Gasteiger partial charge in [-0.2, -0.15) is 0 Å². The van der Waals surface area contributed by atoms with E-state index < -0.39 is 0 Å². The van der Waals surface area contributed by atoms with Crippen molar-refractivity contribution in [2.24, 2.45) is 0 Å². The Morgan fingerprint density at radius 3 is 2.54 bits per heavy atom. The topological polar surface area (TPSA) is 0 Å². The smallest absolute Gasteiger partial charge is 0.0316 e. The molecule has 1 heterocycles. The minimum absolute atomic E-state index is 0.222. The molecule has 0 radical (unpaired) electrons. The molecule has 0 aliphatic rings. The Bertz CT molecular complexity index is 273. The fourth-order valence-corrected chi connectivity index (χ4v) is 3.31. The van der Waals surface area contributed by atoms with E-state index in [0.717, 1.165) is 6.42 Å². The number of hydrogen-bond acceptors (Lipinski definition) is 1. The summed E-state index contributed by atoms with van der Waals surface area (Å²) in [6, 6.07) is 2.18. The molecular weight excluding hydrogens is 200 g/mol. The lowest BCUT2D eigenvalue weighted by Gasteiger charge is -2.25. The molecule has 0 aliphatic carbocycles. The maximum atomic E-state index is 6.04. The highest BCUT2D eigenvalue weighted by Gasteiger charge is 2.25. The van der Waals surface area contributed by atoms with Crippen molar-refractivity contribution in [3.05, 3.63) is 21.9 Å². The van der Waals surface area contributed by atoms with E-state index in [4.69, 9.17) is 11.6 Å². The molecule has 0 fully saturated rings. The fourth-order valence-electron chi connectivity index (χ4n) is 1.86. The second-order valence-corrected chi connectivity index (χ2v) is 5.96. The van der Waals surface area contributed by atoms with E-state index >= 15 is 0 Å². The Balaban J connectivity index is 2.87. The van der Waals surface area contributed by atoms with Gasteiger partial charge >= 0.3 is 0 Å². The summed E-state index contributed by atoms with van der Waals surface area (Å²) >= 11 is 7.88. The highest BCUT2D eigenvalue weighted by Crippen LogP contribution is 2.35. The van der Waals surface area contributed by atoms with Crippen LogP contribution in [0.4, 0.5) is 0 Å². The van der Waals surface area contributed by atoms with Crippen LogP contribution in [0.1, 0.15) is 37.6 Å². The van der Waals surface area contributed by atoms with Gasteiger partial charge in [0, 0.05) is 15.7 Å². The average Bonchev–Trinajstić information content (AvgIpc) is 2.32. The molecule has 0 spiro atoms. The maximum Gasteiger partial charge on any atom is 0.0316 e. The molecule has 0 aliphatic heterocycles. The lowest BCUT2D eigenvalue weighted by atomic mass is 9.85. The summed E-state index contributed by atoms with van der Waals surface area (Å²) in [6.07, 6.45) is 1.04. The summed E-state index contributed by atoms with van der Waals surface area (Å²) in [6.45, 7) is 8.77. The van der Waals surface area contributed by atoms with Crippen molar-refractivity contribution in [3.8, 4) is 0 Å². The first-order valence-corrected chi connectivity index (χ1v) is 5.94. The first kappa shape index (κ1) is 11.1. The number of thiophene rings is 1. The zero-order valence-corrected chi connectivity index (χ0v) is 10.3. The highest BCUT2D eigenvalue weighted by molar-refractivity contribution is 7.10. The van der Waals surface area contributed by atoms with E-state index in [1.54, 1.807) is 0 Å². The van der Waals surface area contributed by atoms with Crippen LogP contribution in [0.15, 0.2) is 11.4 Å². The second kappa shape index (κ2) is 4.02. The number of alkyl halides is 1. The molecule has 1 aromatic rings. The van der Waals surface area contributed by atoms with E-state index in [1.165, 1.54) is 10.4 Å². The van der Waals surface area contributed by atoms with E-state index in [-0.39, 0.29) is 10.8 Å². The highest BCUT2D eigenvalue weighted by atomic mass is 35.5. The first-order chi connectivity index (χ1) is 5.93. The summed E-state index contributed by atoms with van der Waals surface area (Å²) in [4.78, 5) is 1.47. The molecule has 13 heavy (non-hydrogen) atoms. The molecule has 0 amide bonds. The third kappa shape index (κ3) is 2.72. The van der Waals surface area contributed by atoms with Crippen molar-refractivity contribution in [2.75, 3.05) is 0 Å². The van der Waals surface area contributed by atoms with Gasteiger partial charge in [0.15, 0.2) is 0 Å². The maximum absolute atomic E-state index is 6.04. The lowest BCUT2D eigenvalue weighted by molar-refractivity contribution is 0.484. The van der Waals surface area contributed by atoms with E-state index in [9.17, 15) is 0 Å². The lowest BCUT2D eigenvalue weighted by Crippen LogP contribution is -2.20. The Hall–Kier alpha value is -0.0100.